The number of nitrogens with two attached hydrogens (primary N) is 1. The standard InChI is InChI=1S/C2H7NO.2C2H4O2.2H2O.Zn/c3-1-2-4;2*1-2(3)4;;;/h4H,1-3H2;2*1H3,(H,3,4);2*1H2;/q;;;;;+2/p-2. The van der Waals surface area contributed by atoms with Crippen molar-refractivity contribution in [2.24, 2.45) is 5.73 Å². The normalized spacial score (nSPS) is 5.33. The van der Waals surface area contributed by atoms with Crippen molar-refractivity contribution in [3.63, 3.8) is 0 Å². The van der Waals surface area contributed by atoms with Crippen LogP contribution in [0, 0.1) is 0 Å². The molecule has 9 heteroatoms. The van der Waals surface area contributed by atoms with Crippen molar-refractivity contribution in [2.45, 2.75) is 13.8 Å². The van der Waals surface area contributed by atoms with Crippen molar-refractivity contribution >= 4 is 11.9 Å². The summed E-state index contributed by atoms with van der Waals surface area (Å²) in [5.41, 5.74) is 4.78. The number of carboxylic acids is 2. The molecule has 0 unspecified atom stereocenters. The summed E-state index contributed by atoms with van der Waals surface area (Å²) in [4.78, 5) is 17.8. The average Bonchev–Trinajstić information content (AvgIpc) is 1.85. The van der Waals surface area contributed by atoms with Crippen molar-refractivity contribution in [2.75, 3.05) is 13.2 Å². The summed E-state index contributed by atoms with van der Waals surface area (Å²) in [5, 5.41) is 25.5. The number of rotatable bonds is 1. The molecule has 0 aromatic carbocycles. The molecule has 90 valence electrons. The minimum absolute atomic E-state index is 0. The molecule has 0 amide bonds. The molecule has 0 aliphatic rings. The second-order valence-corrected chi connectivity index (χ2v) is 1.50. The van der Waals surface area contributed by atoms with Gasteiger partial charge in [-0.15, -0.1) is 0 Å². The van der Waals surface area contributed by atoms with Gasteiger partial charge in [-0.2, -0.15) is 0 Å². The first-order valence-corrected chi connectivity index (χ1v) is 3.04. The molecule has 0 fully saturated rings. The molecule has 0 atom stereocenters. The Morgan fingerprint density at radius 3 is 1.20 bits per heavy atom. The van der Waals surface area contributed by atoms with E-state index in [2.05, 4.69) is 0 Å². The van der Waals surface area contributed by atoms with Crippen LogP contribution in [0.4, 0.5) is 0 Å². The number of aliphatic carboxylic acids is 2. The van der Waals surface area contributed by atoms with Crippen molar-refractivity contribution in [1.29, 1.82) is 0 Å². The Morgan fingerprint density at radius 2 is 1.20 bits per heavy atom. The molecule has 0 aliphatic heterocycles. The molecule has 0 bridgehead atoms. The maximum absolute atomic E-state index is 8.89. The molecular weight excluding hydrogens is 263 g/mol. The van der Waals surface area contributed by atoms with Gasteiger partial charge in [0, 0.05) is 18.5 Å². The predicted molar refractivity (Wildman–Crippen MR) is 44.7 cm³/mol. The van der Waals surface area contributed by atoms with Gasteiger partial charge >= 0.3 is 19.5 Å². The monoisotopic (exact) mass is 279 g/mol. The molecular formula is C6H17NO7Zn. The van der Waals surface area contributed by atoms with Gasteiger partial charge in [0.15, 0.2) is 0 Å². The molecule has 15 heavy (non-hydrogen) atoms. The second-order valence-electron chi connectivity index (χ2n) is 1.50. The van der Waals surface area contributed by atoms with E-state index in [9.17, 15) is 0 Å². The van der Waals surface area contributed by atoms with Crippen LogP contribution in [0.15, 0.2) is 0 Å². The number of hydrogen-bond acceptors (Lipinski definition) is 6. The van der Waals surface area contributed by atoms with Gasteiger partial charge in [0.1, 0.15) is 0 Å². The van der Waals surface area contributed by atoms with E-state index in [-0.39, 0.29) is 37.0 Å². The van der Waals surface area contributed by atoms with E-state index in [4.69, 9.17) is 30.6 Å². The first-order valence-electron chi connectivity index (χ1n) is 3.04. The van der Waals surface area contributed by atoms with Gasteiger partial charge in [0.25, 0.3) is 0 Å². The zero-order valence-corrected chi connectivity index (χ0v) is 11.7. The third-order valence-electron chi connectivity index (χ3n) is 0.129. The Balaban J connectivity index is -0.0000000184. The Morgan fingerprint density at radius 1 is 1.13 bits per heavy atom. The Hall–Kier alpha value is -0.597. The molecule has 0 rings (SSSR count). The van der Waals surface area contributed by atoms with Gasteiger partial charge < -0.3 is 41.6 Å². The molecule has 0 heterocycles. The molecule has 0 aliphatic carbocycles. The van der Waals surface area contributed by atoms with Crippen molar-refractivity contribution in [3.8, 4) is 0 Å². The Bertz CT molecular complexity index is 100. The Labute approximate surface area is 100 Å². The maximum Gasteiger partial charge on any atom is 2.00 e. The smallest absolute Gasteiger partial charge is 0.550 e. The van der Waals surface area contributed by atoms with E-state index >= 15 is 0 Å². The van der Waals surface area contributed by atoms with Gasteiger partial charge in [0.2, 0.25) is 0 Å². The first kappa shape index (κ1) is 36.6. The van der Waals surface area contributed by atoms with E-state index < -0.39 is 11.9 Å². The molecule has 0 aromatic heterocycles. The largest absolute Gasteiger partial charge is 2.00 e. The summed E-state index contributed by atoms with van der Waals surface area (Å²) >= 11 is 0. The van der Waals surface area contributed by atoms with Crippen LogP contribution < -0.4 is 15.9 Å². The first-order chi connectivity index (χ1) is 5.38. The number of hydrogen-bond donors (Lipinski definition) is 2. The van der Waals surface area contributed by atoms with Crippen LogP contribution >= 0.6 is 0 Å². The van der Waals surface area contributed by atoms with Crippen LogP contribution in [0.5, 0.6) is 0 Å². The van der Waals surface area contributed by atoms with Gasteiger partial charge in [-0.05, 0) is 13.8 Å². The predicted octanol–water partition coefficient (Wildman–Crippen LogP) is -5.20. The third-order valence-corrected chi connectivity index (χ3v) is 0.129. The summed E-state index contributed by atoms with van der Waals surface area (Å²) < 4.78 is 0. The summed E-state index contributed by atoms with van der Waals surface area (Å²) in [7, 11) is 0. The van der Waals surface area contributed by atoms with Gasteiger partial charge in [0.05, 0.1) is 6.61 Å². The fourth-order valence-electron chi connectivity index (χ4n) is 0. The second kappa shape index (κ2) is 37.6. The van der Waals surface area contributed by atoms with Crippen LogP contribution in [0.1, 0.15) is 13.8 Å². The number of aliphatic hydroxyl groups is 1. The van der Waals surface area contributed by atoms with Gasteiger partial charge in [-0.25, -0.2) is 0 Å². The van der Waals surface area contributed by atoms with E-state index in [0.29, 0.717) is 6.54 Å². The average molecular weight is 281 g/mol. The minimum atomic E-state index is -1.08. The van der Waals surface area contributed by atoms with Gasteiger partial charge in [-0.3, -0.25) is 0 Å². The van der Waals surface area contributed by atoms with Crippen molar-refractivity contribution in [1.82, 2.24) is 0 Å². The van der Waals surface area contributed by atoms with Crippen LogP contribution in [0.25, 0.3) is 0 Å². The van der Waals surface area contributed by atoms with Crippen LogP contribution in [-0.2, 0) is 29.1 Å². The fourth-order valence-corrected chi connectivity index (χ4v) is 0. The quantitative estimate of drug-likeness (QED) is 0.451. The number of carboxylic acid groups (broad SMARTS) is 2. The van der Waals surface area contributed by atoms with Crippen LogP contribution in [0.2, 0.25) is 0 Å². The zero-order chi connectivity index (χ0) is 10.6. The molecule has 0 saturated carbocycles. The van der Waals surface area contributed by atoms with Crippen molar-refractivity contribution in [3.05, 3.63) is 0 Å². The fraction of sp³-hybridized carbons (Fsp3) is 0.667. The van der Waals surface area contributed by atoms with E-state index in [1.54, 1.807) is 0 Å². The molecule has 8 nitrogen and oxygen atoms in total. The van der Waals surface area contributed by atoms with Gasteiger partial charge in [-0.1, -0.05) is 0 Å². The van der Waals surface area contributed by atoms with Crippen molar-refractivity contribution < 1.29 is 55.3 Å². The number of aliphatic hydroxyl groups excluding tert-OH is 1. The third kappa shape index (κ3) is 10700. The van der Waals surface area contributed by atoms with Crippen LogP contribution in [0.3, 0.4) is 0 Å². The van der Waals surface area contributed by atoms with Crippen LogP contribution in [-0.4, -0.2) is 41.1 Å². The van der Waals surface area contributed by atoms with E-state index in [0.717, 1.165) is 13.8 Å². The number of carbonyl (C=O) groups excluding carboxylic acids is 2. The SMILES string of the molecule is CC(=O)[O-].CC(=O)[O-].NCCO.O.O.[Zn+2]. The van der Waals surface area contributed by atoms with E-state index in [1.165, 1.54) is 0 Å². The minimum Gasteiger partial charge on any atom is -0.550 e. The summed E-state index contributed by atoms with van der Waals surface area (Å²) in [5.74, 6) is -2.17. The number of carbonyl (C=O) groups is 2. The summed E-state index contributed by atoms with van der Waals surface area (Å²) in [6.45, 7) is 2.42. The zero-order valence-electron chi connectivity index (χ0n) is 8.78. The summed E-state index contributed by atoms with van der Waals surface area (Å²) in [6, 6.07) is 0. The molecule has 7 N–H and O–H groups in total. The molecule has 0 saturated heterocycles. The Kier molecular flexibility index (Phi) is 91.9. The molecule has 0 spiro atoms. The topological polar surface area (TPSA) is 190 Å². The maximum atomic E-state index is 8.89. The molecule has 0 radical (unpaired) electrons. The molecule has 0 aromatic rings. The summed E-state index contributed by atoms with van der Waals surface area (Å²) in [6.07, 6.45) is 0. The van der Waals surface area contributed by atoms with E-state index in [1.807, 2.05) is 0 Å².